The number of carbonyl (C=O) groups is 1. The number of para-hydroxylation sites is 1. The molecule has 4 rings (SSSR count). The number of nitrogens with one attached hydrogen (secondary N) is 2. The molecule has 10 heteroatoms. The minimum atomic E-state index is -3.62. The maximum Gasteiger partial charge on any atom is 0.261 e. The van der Waals surface area contributed by atoms with Crippen LogP contribution in [0.5, 0.6) is 0 Å². The van der Waals surface area contributed by atoms with Gasteiger partial charge < -0.3 is 15.0 Å². The molecule has 3 aromatic rings. The Labute approximate surface area is 177 Å². The third kappa shape index (κ3) is 3.84. The molecule has 0 spiro atoms. The molecule has 0 aliphatic carbocycles. The predicted octanol–water partition coefficient (Wildman–Crippen LogP) is 2.45. The van der Waals surface area contributed by atoms with Crippen LogP contribution in [0.4, 0.5) is 5.69 Å². The van der Waals surface area contributed by atoms with Crippen LogP contribution in [0, 0.1) is 0 Å². The second kappa shape index (κ2) is 8.19. The first-order valence-corrected chi connectivity index (χ1v) is 11.0. The highest BCUT2D eigenvalue weighted by atomic mass is 35.5. The van der Waals surface area contributed by atoms with E-state index in [1.807, 2.05) is 0 Å². The third-order valence-corrected chi connectivity index (χ3v) is 7.06. The van der Waals surface area contributed by atoms with Gasteiger partial charge in [0.15, 0.2) is 0 Å². The summed E-state index contributed by atoms with van der Waals surface area (Å²) in [5, 5.41) is 3.31. The van der Waals surface area contributed by atoms with Gasteiger partial charge in [-0.05, 0) is 36.4 Å². The van der Waals surface area contributed by atoms with E-state index in [1.165, 1.54) is 34.8 Å². The molecule has 1 fully saturated rings. The van der Waals surface area contributed by atoms with Crippen LogP contribution in [0.2, 0.25) is 5.02 Å². The summed E-state index contributed by atoms with van der Waals surface area (Å²) in [4.78, 5) is 28.2. The number of anilines is 1. The van der Waals surface area contributed by atoms with Gasteiger partial charge >= 0.3 is 0 Å². The minimum absolute atomic E-state index is 0.0743. The number of sulfonamides is 1. The van der Waals surface area contributed by atoms with Crippen LogP contribution in [0.1, 0.15) is 10.4 Å². The Bertz CT molecular complexity index is 1270. The van der Waals surface area contributed by atoms with Crippen LogP contribution in [0.25, 0.3) is 10.9 Å². The van der Waals surface area contributed by atoms with Gasteiger partial charge in [-0.2, -0.15) is 4.31 Å². The van der Waals surface area contributed by atoms with Gasteiger partial charge in [-0.15, -0.1) is 0 Å². The molecule has 2 N–H and O–H groups in total. The van der Waals surface area contributed by atoms with Crippen molar-refractivity contribution in [1.82, 2.24) is 9.29 Å². The number of fused-ring (bicyclic) bond motifs is 1. The standard InChI is InChI=1S/C20H18ClN3O5S/c21-17-3-1-2-15-18(17)22-12-16(19(15)25)20(26)23-13-4-6-14(7-5-13)30(27,28)24-8-10-29-11-9-24/h1-7,12H,8-11H2,(H,22,25)(H,23,26). The zero-order valence-corrected chi connectivity index (χ0v) is 17.3. The van der Waals surface area contributed by atoms with Crippen LogP contribution in [0.15, 0.2) is 58.4 Å². The number of rotatable bonds is 4. The molecule has 0 atom stereocenters. The third-order valence-electron chi connectivity index (χ3n) is 4.83. The average molecular weight is 448 g/mol. The van der Waals surface area contributed by atoms with E-state index in [-0.39, 0.29) is 10.5 Å². The molecule has 1 amide bonds. The predicted molar refractivity (Wildman–Crippen MR) is 114 cm³/mol. The van der Waals surface area contributed by atoms with Crippen molar-refractivity contribution in [2.75, 3.05) is 31.6 Å². The molecule has 2 aromatic carbocycles. The van der Waals surface area contributed by atoms with Crippen molar-refractivity contribution in [3.05, 3.63) is 69.5 Å². The summed E-state index contributed by atoms with van der Waals surface area (Å²) in [6.07, 6.45) is 1.31. The number of hydrogen-bond acceptors (Lipinski definition) is 5. The molecular formula is C20H18ClN3O5S. The second-order valence-corrected chi connectivity index (χ2v) is 9.03. The summed E-state index contributed by atoms with van der Waals surface area (Å²) in [5.41, 5.74) is 0.301. The van der Waals surface area contributed by atoms with Crippen molar-refractivity contribution in [2.45, 2.75) is 4.90 Å². The number of halogens is 1. The van der Waals surface area contributed by atoms with E-state index in [1.54, 1.807) is 18.2 Å². The number of ether oxygens (including phenoxy) is 1. The fourth-order valence-corrected chi connectivity index (χ4v) is 4.87. The van der Waals surface area contributed by atoms with E-state index >= 15 is 0 Å². The van der Waals surface area contributed by atoms with Gasteiger partial charge in [0.2, 0.25) is 15.5 Å². The van der Waals surface area contributed by atoms with Crippen molar-refractivity contribution >= 4 is 44.1 Å². The number of hydrogen-bond donors (Lipinski definition) is 2. The van der Waals surface area contributed by atoms with Crippen LogP contribution >= 0.6 is 11.6 Å². The van der Waals surface area contributed by atoms with E-state index < -0.39 is 21.4 Å². The molecule has 8 nitrogen and oxygen atoms in total. The Morgan fingerprint density at radius 2 is 1.80 bits per heavy atom. The number of morpholine rings is 1. The zero-order valence-electron chi connectivity index (χ0n) is 15.7. The van der Waals surface area contributed by atoms with Gasteiger partial charge in [0.1, 0.15) is 5.56 Å². The smallest absolute Gasteiger partial charge is 0.261 e. The molecule has 156 valence electrons. The van der Waals surface area contributed by atoms with Gasteiger partial charge in [-0.25, -0.2) is 8.42 Å². The largest absolute Gasteiger partial charge is 0.379 e. The molecule has 2 heterocycles. The first-order valence-electron chi connectivity index (χ1n) is 9.17. The van der Waals surface area contributed by atoms with Gasteiger partial charge in [-0.3, -0.25) is 9.59 Å². The van der Waals surface area contributed by atoms with Crippen molar-refractivity contribution in [3.8, 4) is 0 Å². The molecule has 1 aromatic heterocycles. The number of amides is 1. The van der Waals surface area contributed by atoms with Crippen molar-refractivity contribution in [3.63, 3.8) is 0 Å². The first-order chi connectivity index (χ1) is 14.4. The lowest BCUT2D eigenvalue weighted by Crippen LogP contribution is -2.40. The van der Waals surface area contributed by atoms with Gasteiger partial charge in [0.25, 0.3) is 5.91 Å². The SMILES string of the molecule is O=C(Nc1ccc(S(=O)(=O)N2CCOCC2)cc1)c1c[nH]c2c(Cl)cccc2c1=O. The van der Waals surface area contributed by atoms with E-state index in [9.17, 15) is 18.0 Å². The van der Waals surface area contributed by atoms with E-state index in [0.29, 0.717) is 47.9 Å². The molecule has 1 saturated heterocycles. The van der Waals surface area contributed by atoms with Gasteiger partial charge in [-0.1, -0.05) is 17.7 Å². The van der Waals surface area contributed by atoms with Crippen LogP contribution in [-0.4, -0.2) is 49.9 Å². The molecule has 1 aliphatic rings. The minimum Gasteiger partial charge on any atom is -0.379 e. The number of benzene rings is 2. The Hall–Kier alpha value is -2.72. The summed E-state index contributed by atoms with van der Waals surface area (Å²) in [6.45, 7) is 1.32. The molecule has 0 saturated carbocycles. The molecule has 0 unspecified atom stereocenters. The lowest BCUT2D eigenvalue weighted by molar-refractivity contribution is 0.0730. The zero-order chi connectivity index (χ0) is 21.3. The van der Waals surface area contributed by atoms with Crippen molar-refractivity contribution < 1.29 is 17.9 Å². The number of nitrogens with zero attached hydrogens (tertiary/aromatic N) is 1. The quantitative estimate of drug-likeness (QED) is 0.638. The fraction of sp³-hybridized carbons (Fsp3) is 0.200. The molecule has 0 radical (unpaired) electrons. The maximum atomic E-state index is 12.7. The lowest BCUT2D eigenvalue weighted by atomic mass is 10.1. The number of aromatic nitrogens is 1. The Morgan fingerprint density at radius 1 is 1.10 bits per heavy atom. The summed E-state index contributed by atoms with van der Waals surface area (Å²) in [5.74, 6) is -0.609. The summed E-state index contributed by atoms with van der Waals surface area (Å²) in [6, 6.07) is 10.7. The van der Waals surface area contributed by atoms with E-state index in [4.69, 9.17) is 16.3 Å². The van der Waals surface area contributed by atoms with Gasteiger partial charge in [0, 0.05) is 30.4 Å². The summed E-state index contributed by atoms with van der Waals surface area (Å²) in [7, 11) is -3.62. The van der Waals surface area contributed by atoms with Crippen LogP contribution in [0.3, 0.4) is 0 Å². The number of H-pyrrole nitrogens is 1. The highest BCUT2D eigenvalue weighted by Crippen LogP contribution is 2.21. The lowest BCUT2D eigenvalue weighted by Gasteiger charge is -2.26. The number of aromatic amines is 1. The molecule has 0 bridgehead atoms. The van der Waals surface area contributed by atoms with Crippen LogP contribution < -0.4 is 10.7 Å². The second-order valence-electron chi connectivity index (χ2n) is 6.69. The molecule has 1 aliphatic heterocycles. The highest BCUT2D eigenvalue weighted by Gasteiger charge is 2.26. The van der Waals surface area contributed by atoms with Crippen molar-refractivity contribution in [2.24, 2.45) is 0 Å². The average Bonchev–Trinajstić information content (AvgIpc) is 2.75. The van der Waals surface area contributed by atoms with E-state index in [0.717, 1.165) is 0 Å². The monoisotopic (exact) mass is 447 g/mol. The van der Waals surface area contributed by atoms with E-state index in [2.05, 4.69) is 10.3 Å². The highest BCUT2D eigenvalue weighted by molar-refractivity contribution is 7.89. The first kappa shape index (κ1) is 20.5. The Kier molecular flexibility index (Phi) is 5.61. The maximum absolute atomic E-state index is 12.7. The Balaban J connectivity index is 1.55. The summed E-state index contributed by atoms with van der Waals surface area (Å²) >= 11 is 6.07. The fourth-order valence-electron chi connectivity index (χ4n) is 3.23. The van der Waals surface area contributed by atoms with Crippen molar-refractivity contribution in [1.29, 1.82) is 0 Å². The number of pyridine rings is 1. The molecular weight excluding hydrogens is 430 g/mol. The number of carbonyl (C=O) groups excluding carboxylic acids is 1. The topological polar surface area (TPSA) is 109 Å². The molecule has 30 heavy (non-hydrogen) atoms. The Morgan fingerprint density at radius 3 is 2.50 bits per heavy atom. The van der Waals surface area contributed by atoms with Crippen LogP contribution in [-0.2, 0) is 14.8 Å². The normalized spacial score (nSPS) is 15.2. The van der Waals surface area contributed by atoms with Gasteiger partial charge in [0.05, 0.1) is 28.6 Å². The summed E-state index contributed by atoms with van der Waals surface area (Å²) < 4.78 is 31.9.